The summed E-state index contributed by atoms with van der Waals surface area (Å²) in [6.45, 7) is 3.38. The molecule has 6 heteroatoms. The number of rotatable bonds is 3. The molecule has 6 nitrogen and oxygen atoms in total. The van der Waals surface area contributed by atoms with Crippen LogP contribution in [0.4, 0.5) is 16.2 Å². The van der Waals surface area contributed by atoms with Crippen LogP contribution >= 0.6 is 0 Å². The van der Waals surface area contributed by atoms with Gasteiger partial charge < -0.3 is 16.4 Å². The van der Waals surface area contributed by atoms with Crippen LogP contribution in [-0.4, -0.2) is 30.6 Å². The van der Waals surface area contributed by atoms with Crippen LogP contribution in [0.5, 0.6) is 0 Å². The molecule has 124 valence electrons. The van der Waals surface area contributed by atoms with Gasteiger partial charge in [0.25, 0.3) is 0 Å². The van der Waals surface area contributed by atoms with Crippen molar-refractivity contribution in [2.75, 3.05) is 23.3 Å². The second-order valence-corrected chi connectivity index (χ2v) is 6.56. The number of nitrogens with two attached hydrogens (primary N) is 1. The SMILES string of the molecule is Cc1cc(NC(=O)C2(N)CCCC2)ccc1N1CCCNC1=O. The number of anilines is 2. The van der Waals surface area contributed by atoms with Crippen LogP contribution in [0.2, 0.25) is 0 Å². The normalized spacial score (nSPS) is 20.3. The van der Waals surface area contributed by atoms with Crippen molar-refractivity contribution in [2.45, 2.75) is 44.6 Å². The third kappa shape index (κ3) is 3.17. The Morgan fingerprint density at radius 2 is 2.04 bits per heavy atom. The fourth-order valence-corrected chi connectivity index (χ4v) is 3.38. The highest BCUT2D eigenvalue weighted by Crippen LogP contribution is 2.30. The van der Waals surface area contributed by atoms with Crippen molar-refractivity contribution in [1.82, 2.24) is 5.32 Å². The van der Waals surface area contributed by atoms with Crippen LogP contribution in [0.3, 0.4) is 0 Å². The maximum Gasteiger partial charge on any atom is 0.321 e. The van der Waals surface area contributed by atoms with Gasteiger partial charge in [-0.3, -0.25) is 9.69 Å². The van der Waals surface area contributed by atoms with Gasteiger partial charge in [0.05, 0.1) is 5.54 Å². The molecule has 0 aromatic heterocycles. The van der Waals surface area contributed by atoms with E-state index in [1.807, 2.05) is 25.1 Å². The molecular formula is C17H24N4O2. The Bertz CT molecular complexity index is 623. The molecule has 1 heterocycles. The Kier molecular flexibility index (Phi) is 4.26. The Balaban J connectivity index is 1.74. The van der Waals surface area contributed by atoms with E-state index in [1.54, 1.807) is 4.90 Å². The summed E-state index contributed by atoms with van der Waals surface area (Å²) in [5, 5.41) is 5.77. The molecule has 0 spiro atoms. The summed E-state index contributed by atoms with van der Waals surface area (Å²) in [7, 11) is 0. The number of carbonyl (C=O) groups is 2. The van der Waals surface area contributed by atoms with Crippen LogP contribution in [0, 0.1) is 6.92 Å². The highest BCUT2D eigenvalue weighted by Gasteiger charge is 2.37. The first-order valence-corrected chi connectivity index (χ1v) is 8.26. The standard InChI is InChI=1S/C17H24N4O2/c1-12-11-13(20-15(22)17(18)7-2-3-8-17)5-6-14(12)21-10-4-9-19-16(21)23/h5-6,11H,2-4,7-10,18H2,1H3,(H,19,23)(H,20,22). The summed E-state index contributed by atoms with van der Waals surface area (Å²) < 4.78 is 0. The minimum absolute atomic E-state index is 0.0667. The lowest BCUT2D eigenvalue weighted by molar-refractivity contribution is -0.121. The molecule has 0 bridgehead atoms. The number of hydrogen-bond donors (Lipinski definition) is 3. The minimum atomic E-state index is -0.737. The summed E-state index contributed by atoms with van der Waals surface area (Å²) in [6.07, 6.45) is 4.42. The zero-order valence-corrected chi connectivity index (χ0v) is 13.5. The molecule has 1 saturated heterocycles. The van der Waals surface area contributed by atoms with Gasteiger partial charge in [-0.15, -0.1) is 0 Å². The molecule has 3 amide bonds. The number of urea groups is 1. The smallest absolute Gasteiger partial charge is 0.321 e. The van der Waals surface area contributed by atoms with Gasteiger partial charge in [0.15, 0.2) is 0 Å². The molecule has 1 aliphatic carbocycles. The number of benzene rings is 1. The monoisotopic (exact) mass is 316 g/mol. The molecule has 4 N–H and O–H groups in total. The van der Waals surface area contributed by atoms with Gasteiger partial charge >= 0.3 is 6.03 Å². The highest BCUT2D eigenvalue weighted by molar-refractivity contribution is 5.99. The predicted molar refractivity (Wildman–Crippen MR) is 90.6 cm³/mol. The molecule has 1 aliphatic heterocycles. The maximum absolute atomic E-state index is 12.4. The second kappa shape index (κ2) is 6.20. The molecule has 2 aliphatic rings. The molecule has 1 aromatic rings. The summed E-state index contributed by atoms with van der Waals surface area (Å²) >= 11 is 0. The van der Waals surface area contributed by atoms with E-state index in [1.165, 1.54) is 0 Å². The van der Waals surface area contributed by atoms with E-state index in [2.05, 4.69) is 10.6 Å². The van der Waals surface area contributed by atoms with Gasteiger partial charge in [-0.2, -0.15) is 0 Å². The zero-order chi connectivity index (χ0) is 16.4. The Morgan fingerprint density at radius 1 is 1.30 bits per heavy atom. The topological polar surface area (TPSA) is 87.5 Å². The van der Waals surface area contributed by atoms with Crippen LogP contribution in [0.25, 0.3) is 0 Å². The van der Waals surface area contributed by atoms with Gasteiger partial charge in [-0.25, -0.2) is 4.79 Å². The van der Waals surface area contributed by atoms with Crippen LogP contribution in [0.1, 0.15) is 37.7 Å². The van der Waals surface area contributed by atoms with Crippen molar-refractivity contribution in [2.24, 2.45) is 5.73 Å². The third-order valence-electron chi connectivity index (χ3n) is 4.77. The van der Waals surface area contributed by atoms with Crippen molar-refractivity contribution in [3.05, 3.63) is 23.8 Å². The van der Waals surface area contributed by atoms with E-state index in [4.69, 9.17) is 5.73 Å². The van der Waals surface area contributed by atoms with Crippen LogP contribution < -0.4 is 21.3 Å². The molecular weight excluding hydrogens is 292 g/mol. The van der Waals surface area contributed by atoms with Crippen molar-refractivity contribution < 1.29 is 9.59 Å². The fourth-order valence-electron chi connectivity index (χ4n) is 3.38. The van der Waals surface area contributed by atoms with E-state index in [-0.39, 0.29) is 11.9 Å². The lowest BCUT2D eigenvalue weighted by Crippen LogP contribution is -2.48. The summed E-state index contributed by atoms with van der Waals surface area (Å²) in [5.74, 6) is -0.113. The largest absolute Gasteiger partial charge is 0.338 e. The molecule has 1 aromatic carbocycles. The number of aryl methyl sites for hydroxylation is 1. The molecule has 1 saturated carbocycles. The highest BCUT2D eigenvalue weighted by atomic mass is 16.2. The Morgan fingerprint density at radius 3 is 2.70 bits per heavy atom. The summed E-state index contributed by atoms with van der Waals surface area (Å²) in [4.78, 5) is 26.1. The quantitative estimate of drug-likeness (QED) is 0.798. The molecule has 0 radical (unpaired) electrons. The van der Waals surface area contributed by atoms with Gasteiger partial charge in [-0.05, 0) is 49.9 Å². The number of carbonyl (C=O) groups excluding carboxylic acids is 2. The van der Waals surface area contributed by atoms with Crippen molar-refractivity contribution in [1.29, 1.82) is 0 Å². The van der Waals surface area contributed by atoms with E-state index < -0.39 is 5.54 Å². The number of amides is 3. The zero-order valence-electron chi connectivity index (χ0n) is 13.5. The van der Waals surface area contributed by atoms with E-state index in [9.17, 15) is 9.59 Å². The molecule has 23 heavy (non-hydrogen) atoms. The minimum Gasteiger partial charge on any atom is -0.338 e. The second-order valence-electron chi connectivity index (χ2n) is 6.56. The first-order valence-electron chi connectivity index (χ1n) is 8.26. The Labute approximate surface area is 136 Å². The summed E-state index contributed by atoms with van der Waals surface area (Å²) in [6, 6.07) is 5.55. The number of nitrogens with zero attached hydrogens (tertiary/aromatic N) is 1. The predicted octanol–water partition coefficient (Wildman–Crippen LogP) is 2.12. The van der Waals surface area contributed by atoms with E-state index >= 15 is 0 Å². The lowest BCUT2D eigenvalue weighted by atomic mass is 9.98. The fraction of sp³-hybridized carbons (Fsp3) is 0.529. The van der Waals surface area contributed by atoms with Gasteiger partial charge in [0, 0.05) is 24.5 Å². The Hall–Kier alpha value is -2.08. The van der Waals surface area contributed by atoms with Crippen LogP contribution in [-0.2, 0) is 4.79 Å². The number of nitrogens with one attached hydrogen (secondary N) is 2. The molecule has 0 atom stereocenters. The third-order valence-corrected chi connectivity index (χ3v) is 4.77. The van der Waals surface area contributed by atoms with E-state index in [0.29, 0.717) is 6.54 Å². The van der Waals surface area contributed by atoms with Crippen molar-refractivity contribution in [3.8, 4) is 0 Å². The summed E-state index contributed by atoms with van der Waals surface area (Å²) in [5.41, 5.74) is 8.00. The average molecular weight is 316 g/mol. The van der Waals surface area contributed by atoms with Crippen molar-refractivity contribution >= 4 is 23.3 Å². The first kappa shape index (κ1) is 15.8. The number of hydrogen-bond acceptors (Lipinski definition) is 3. The molecule has 0 unspecified atom stereocenters. The van der Waals surface area contributed by atoms with Gasteiger partial charge in [0.1, 0.15) is 0 Å². The molecule has 3 rings (SSSR count). The maximum atomic E-state index is 12.4. The van der Waals surface area contributed by atoms with Crippen molar-refractivity contribution in [3.63, 3.8) is 0 Å². The lowest BCUT2D eigenvalue weighted by Gasteiger charge is -2.29. The molecule has 2 fully saturated rings. The van der Waals surface area contributed by atoms with Gasteiger partial charge in [-0.1, -0.05) is 12.8 Å². The van der Waals surface area contributed by atoms with Crippen LogP contribution in [0.15, 0.2) is 18.2 Å². The first-order chi connectivity index (χ1) is 11.0. The average Bonchev–Trinajstić information content (AvgIpc) is 2.97. The van der Waals surface area contributed by atoms with E-state index in [0.717, 1.165) is 55.6 Å². The van der Waals surface area contributed by atoms with Gasteiger partial charge in [0.2, 0.25) is 5.91 Å².